The highest BCUT2D eigenvalue weighted by atomic mass is 16.5. The van der Waals surface area contributed by atoms with Crippen LogP contribution in [-0.2, 0) is 4.79 Å². The fourth-order valence-corrected chi connectivity index (χ4v) is 4.63. The van der Waals surface area contributed by atoms with Gasteiger partial charge in [0.05, 0.1) is 29.0 Å². The van der Waals surface area contributed by atoms with E-state index in [9.17, 15) is 9.59 Å². The standard InChI is InChI=1S/C24H29N5O3/c1-16(29-17(2)26-20-5-3-4-6-21(20)29)18-7-9-19(10-8-18)23(31)27-24(15-22(30)28-32)11-13-25-14-12-24/h3-10,16,25,32H,11-15H2,1-2H3,(H,27,31)(H,28,30). The molecule has 0 bridgehead atoms. The number of benzene rings is 2. The maximum atomic E-state index is 13.0. The number of piperidine rings is 1. The van der Waals surface area contributed by atoms with Crippen molar-refractivity contribution in [2.24, 2.45) is 0 Å². The number of hydrogen-bond acceptors (Lipinski definition) is 5. The molecule has 1 saturated heterocycles. The Kier molecular flexibility index (Phi) is 6.25. The zero-order valence-corrected chi connectivity index (χ0v) is 18.4. The maximum absolute atomic E-state index is 13.0. The van der Waals surface area contributed by atoms with Crippen molar-refractivity contribution in [3.05, 3.63) is 65.5 Å². The van der Waals surface area contributed by atoms with Crippen LogP contribution in [0.4, 0.5) is 0 Å². The zero-order valence-electron chi connectivity index (χ0n) is 18.4. The van der Waals surface area contributed by atoms with Crippen molar-refractivity contribution in [1.82, 2.24) is 25.7 Å². The summed E-state index contributed by atoms with van der Waals surface area (Å²) in [6.45, 7) is 5.52. The van der Waals surface area contributed by atoms with E-state index in [1.54, 1.807) is 5.48 Å². The van der Waals surface area contributed by atoms with Crippen molar-refractivity contribution < 1.29 is 14.8 Å². The van der Waals surface area contributed by atoms with E-state index in [2.05, 4.69) is 33.2 Å². The van der Waals surface area contributed by atoms with Gasteiger partial charge in [0, 0.05) is 5.56 Å². The third-order valence-corrected chi connectivity index (χ3v) is 6.38. The number of imidazole rings is 1. The Morgan fingerprint density at radius 2 is 1.84 bits per heavy atom. The molecule has 2 amide bonds. The maximum Gasteiger partial charge on any atom is 0.251 e. The average molecular weight is 436 g/mol. The number of nitrogens with one attached hydrogen (secondary N) is 3. The number of hydroxylamine groups is 1. The molecule has 0 radical (unpaired) electrons. The summed E-state index contributed by atoms with van der Waals surface area (Å²) in [6.07, 6.45) is 1.28. The van der Waals surface area contributed by atoms with Crippen LogP contribution in [0.3, 0.4) is 0 Å². The second kappa shape index (κ2) is 9.10. The van der Waals surface area contributed by atoms with Crippen LogP contribution in [0.15, 0.2) is 48.5 Å². The Morgan fingerprint density at radius 3 is 2.53 bits per heavy atom. The van der Waals surface area contributed by atoms with Gasteiger partial charge in [-0.25, -0.2) is 10.5 Å². The third-order valence-electron chi connectivity index (χ3n) is 6.38. The van der Waals surface area contributed by atoms with Crippen LogP contribution in [0.25, 0.3) is 11.0 Å². The molecule has 1 atom stereocenters. The first-order valence-electron chi connectivity index (χ1n) is 10.9. The minimum atomic E-state index is -0.673. The van der Waals surface area contributed by atoms with Gasteiger partial charge in [-0.05, 0) is 69.6 Å². The lowest BCUT2D eigenvalue weighted by molar-refractivity contribution is -0.130. The highest BCUT2D eigenvalue weighted by Gasteiger charge is 2.36. The van der Waals surface area contributed by atoms with Crippen molar-refractivity contribution >= 4 is 22.8 Å². The molecule has 2 heterocycles. The summed E-state index contributed by atoms with van der Waals surface area (Å²) in [5, 5.41) is 15.2. The van der Waals surface area contributed by atoms with Crippen LogP contribution in [0, 0.1) is 6.92 Å². The minimum Gasteiger partial charge on any atom is -0.346 e. The largest absolute Gasteiger partial charge is 0.346 e. The van der Waals surface area contributed by atoms with Gasteiger partial charge in [-0.15, -0.1) is 0 Å². The van der Waals surface area contributed by atoms with Crippen molar-refractivity contribution in [3.63, 3.8) is 0 Å². The number of amides is 2. The summed E-state index contributed by atoms with van der Waals surface area (Å²) in [4.78, 5) is 29.5. The zero-order chi connectivity index (χ0) is 22.7. The number of nitrogens with zero attached hydrogens (tertiary/aromatic N) is 2. The van der Waals surface area contributed by atoms with Gasteiger partial charge in [0.15, 0.2) is 0 Å². The first-order chi connectivity index (χ1) is 15.4. The van der Waals surface area contributed by atoms with Gasteiger partial charge < -0.3 is 15.2 Å². The van der Waals surface area contributed by atoms with E-state index in [0.717, 1.165) is 22.4 Å². The van der Waals surface area contributed by atoms with E-state index >= 15 is 0 Å². The molecule has 32 heavy (non-hydrogen) atoms. The first-order valence-corrected chi connectivity index (χ1v) is 10.9. The van der Waals surface area contributed by atoms with Crippen LogP contribution < -0.4 is 16.1 Å². The smallest absolute Gasteiger partial charge is 0.251 e. The normalized spacial score (nSPS) is 16.5. The minimum absolute atomic E-state index is 0.0407. The molecule has 4 N–H and O–H groups in total. The number of carbonyl (C=O) groups is 2. The molecular weight excluding hydrogens is 406 g/mol. The number of aromatic nitrogens is 2. The van der Waals surface area contributed by atoms with Crippen molar-refractivity contribution in [2.45, 2.75) is 44.7 Å². The molecule has 0 spiro atoms. The molecule has 1 aromatic heterocycles. The Labute approximate surface area is 187 Å². The third kappa shape index (κ3) is 4.37. The molecule has 1 unspecified atom stereocenters. The summed E-state index contributed by atoms with van der Waals surface area (Å²) < 4.78 is 2.20. The summed E-state index contributed by atoms with van der Waals surface area (Å²) in [7, 11) is 0. The number of hydrogen-bond donors (Lipinski definition) is 4. The highest BCUT2D eigenvalue weighted by Crippen LogP contribution is 2.27. The molecule has 0 aliphatic carbocycles. The molecule has 8 heteroatoms. The van der Waals surface area contributed by atoms with Crippen LogP contribution in [-0.4, -0.2) is 45.2 Å². The molecular formula is C24H29N5O3. The summed E-state index contributed by atoms with van der Waals surface area (Å²) in [6, 6.07) is 15.7. The molecule has 1 fully saturated rings. The van der Waals surface area contributed by atoms with Gasteiger partial charge in [0.2, 0.25) is 5.91 Å². The SMILES string of the molecule is Cc1nc2ccccc2n1C(C)c1ccc(C(=O)NC2(CC(=O)NO)CCNCC2)cc1. The molecule has 0 saturated carbocycles. The van der Waals surface area contributed by atoms with Gasteiger partial charge in [-0.2, -0.15) is 0 Å². The monoisotopic (exact) mass is 435 g/mol. The molecule has 1 aliphatic rings. The van der Waals surface area contributed by atoms with Crippen LogP contribution in [0.2, 0.25) is 0 Å². The van der Waals surface area contributed by atoms with Gasteiger partial charge in [0.1, 0.15) is 5.82 Å². The number of carbonyl (C=O) groups excluding carboxylic acids is 2. The number of aryl methyl sites for hydroxylation is 1. The Hall–Kier alpha value is -3.23. The average Bonchev–Trinajstić information content (AvgIpc) is 3.14. The van der Waals surface area contributed by atoms with E-state index in [1.165, 1.54) is 0 Å². The topological polar surface area (TPSA) is 108 Å². The number of fused-ring (bicyclic) bond motifs is 1. The van der Waals surface area contributed by atoms with E-state index in [1.807, 2.05) is 49.4 Å². The van der Waals surface area contributed by atoms with Crippen molar-refractivity contribution in [3.8, 4) is 0 Å². The van der Waals surface area contributed by atoms with Crippen LogP contribution >= 0.6 is 0 Å². The predicted octanol–water partition coefficient (Wildman–Crippen LogP) is 2.70. The molecule has 4 rings (SSSR count). The van der Waals surface area contributed by atoms with Gasteiger partial charge in [-0.1, -0.05) is 24.3 Å². The highest BCUT2D eigenvalue weighted by molar-refractivity contribution is 5.95. The number of para-hydroxylation sites is 2. The van der Waals surface area contributed by atoms with Gasteiger partial charge >= 0.3 is 0 Å². The van der Waals surface area contributed by atoms with E-state index in [-0.39, 0.29) is 18.4 Å². The quantitative estimate of drug-likeness (QED) is 0.352. The van der Waals surface area contributed by atoms with Crippen molar-refractivity contribution in [1.29, 1.82) is 0 Å². The summed E-state index contributed by atoms with van der Waals surface area (Å²) in [5.41, 5.74) is 4.66. The lowest BCUT2D eigenvalue weighted by Gasteiger charge is -2.37. The fraction of sp³-hybridized carbons (Fsp3) is 0.375. The summed E-state index contributed by atoms with van der Waals surface area (Å²) in [5.74, 6) is 0.218. The Balaban J connectivity index is 1.53. The second-order valence-electron chi connectivity index (χ2n) is 8.51. The van der Waals surface area contributed by atoms with Crippen LogP contribution in [0.5, 0.6) is 0 Å². The molecule has 168 valence electrons. The van der Waals surface area contributed by atoms with E-state index in [0.29, 0.717) is 31.5 Å². The number of rotatable bonds is 6. The first kappa shape index (κ1) is 22.0. The lowest BCUT2D eigenvalue weighted by atomic mass is 9.84. The van der Waals surface area contributed by atoms with E-state index in [4.69, 9.17) is 5.21 Å². The van der Waals surface area contributed by atoms with Gasteiger partial charge in [-0.3, -0.25) is 14.8 Å². The van der Waals surface area contributed by atoms with Crippen LogP contribution in [0.1, 0.15) is 54.0 Å². The lowest BCUT2D eigenvalue weighted by Crippen LogP contribution is -2.56. The van der Waals surface area contributed by atoms with Gasteiger partial charge in [0.25, 0.3) is 5.91 Å². The Bertz CT molecular complexity index is 1120. The predicted molar refractivity (Wildman–Crippen MR) is 122 cm³/mol. The molecule has 3 aromatic rings. The fourth-order valence-electron chi connectivity index (χ4n) is 4.63. The second-order valence-corrected chi connectivity index (χ2v) is 8.51. The molecule has 8 nitrogen and oxygen atoms in total. The van der Waals surface area contributed by atoms with Crippen molar-refractivity contribution in [2.75, 3.05) is 13.1 Å². The summed E-state index contributed by atoms with van der Waals surface area (Å²) >= 11 is 0. The molecule has 2 aromatic carbocycles. The molecule has 1 aliphatic heterocycles. The Morgan fingerprint density at radius 1 is 1.16 bits per heavy atom. The van der Waals surface area contributed by atoms with E-state index < -0.39 is 11.4 Å².